The normalized spacial score (nSPS) is 8.80. The minimum Gasteiger partial charge on any atom is -0.192 e. The average molecular weight is 150 g/mol. The third-order valence-corrected chi connectivity index (χ3v) is 1.54. The van der Waals surface area contributed by atoms with Gasteiger partial charge in [0.05, 0.1) is 23.7 Å². The van der Waals surface area contributed by atoms with Gasteiger partial charge in [0, 0.05) is 4.90 Å². The van der Waals surface area contributed by atoms with E-state index in [0.717, 1.165) is 0 Å². The van der Waals surface area contributed by atoms with Crippen molar-refractivity contribution >= 4 is 12.0 Å². The van der Waals surface area contributed by atoms with Crippen molar-refractivity contribution in [2.24, 2.45) is 0 Å². The van der Waals surface area contributed by atoms with Crippen molar-refractivity contribution in [2.75, 3.05) is 0 Å². The Labute approximate surface area is 63.3 Å². The minimum absolute atomic E-state index is 0.429. The summed E-state index contributed by atoms with van der Waals surface area (Å²) in [5.74, 6) is 0. The average Bonchev–Trinajstić information content (AvgIpc) is 2.05. The van der Waals surface area contributed by atoms with Gasteiger partial charge in [0.25, 0.3) is 0 Å². The molecule has 49 valence electrons. The van der Waals surface area contributed by atoms with E-state index in [4.69, 9.17) is 5.26 Å². The summed E-state index contributed by atoms with van der Waals surface area (Å²) in [6, 6.07) is 8.49. The van der Waals surface area contributed by atoms with E-state index in [1.165, 1.54) is 0 Å². The van der Waals surface area contributed by atoms with Crippen molar-refractivity contribution in [3.8, 4) is 6.07 Å². The molecule has 0 heterocycles. The Hall–Kier alpha value is -0.980. The second-order valence-corrected chi connectivity index (χ2v) is 2.36. The maximum absolute atomic E-state index is 10.2. The van der Waals surface area contributed by atoms with Crippen molar-refractivity contribution in [1.82, 2.24) is 0 Å². The summed E-state index contributed by atoms with van der Waals surface area (Å²) in [5, 5.41) is 8.37. The van der Waals surface area contributed by atoms with Crippen molar-refractivity contribution in [2.45, 2.75) is 4.90 Å². The van der Waals surface area contributed by atoms with Crippen molar-refractivity contribution in [3.05, 3.63) is 29.8 Å². The van der Waals surface area contributed by atoms with Crippen LogP contribution in [0.2, 0.25) is 0 Å². The first kappa shape index (κ1) is 7.13. The van der Waals surface area contributed by atoms with Gasteiger partial charge < -0.3 is 0 Å². The number of hydrogen-bond donors (Lipinski definition) is 0. The molecule has 0 amide bonds. The van der Waals surface area contributed by atoms with Crippen LogP contribution in [0.3, 0.4) is 0 Å². The van der Waals surface area contributed by atoms with Crippen LogP contribution in [-0.4, -0.2) is 0 Å². The zero-order valence-electron chi connectivity index (χ0n) is 5.07. The van der Waals surface area contributed by atoms with Crippen LogP contribution < -0.4 is 0 Å². The van der Waals surface area contributed by atoms with Crippen LogP contribution in [0.25, 0.3) is 0 Å². The Morgan fingerprint density at radius 2 is 1.90 bits per heavy atom. The summed E-state index contributed by atoms with van der Waals surface area (Å²) in [7, 11) is 0. The Morgan fingerprint density at radius 3 is 2.30 bits per heavy atom. The van der Waals surface area contributed by atoms with Gasteiger partial charge in [-0.15, -0.1) is 4.55 Å². The van der Waals surface area contributed by atoms with Gasteiger partial charge in [-0.05, 0) is 24.3 Å². The topological polar surface area (TPSA) is 43.7 Å². The maximum Gasteiger partial charge on any atom is 0.0991 e. The molecule has 1 rings (SSSR count). The zero-order valence-corrected chi connectivity index (χ0v) is 5.89. The number of nitriles is 1. The lowest BCUT2D eigenvalue weighted by Crippen LogP contribution is -1.72. The van der Waals surface area contributed by atoms with Crippen LogP contribution in [0.4, 0.5) is 0 Å². The second-order valence-electron chi connectivity index (χ2n) is 1.72. The quantitative estimate of drug-likeness (QED) is 0.574. The highest BCUT2D eigenvalue weighted by Crippen LogP contribution is 2.14. The molecule has 1 radical (unpaired) electrons. The van der Waals surface area contributed by atoms with Gasteiger partial charge in [0.1, 0.15) is 0 Å². The highest BCUT2D eigenvalue weighted by Gasteiger charge is 1.91. The first-order chi connectivity index (χ1) is 4.86. The fourth-order valence-electron chi connectivity index (χ4n) is 0.585. The van der Waals surface area contributed by atoms with E-state index in [1.807, 2.05) is 6.07 Å². The van der Waals surface area contributed by atoms with Crippen LogP contribution in [0.5, 0.6) is 0 Å². The number of nitrogens with zero attached hydrogens (tertiary/aromatic N) is 1. The van der Waals surface area contributed by atoms with Gasteiger partial charge in [-0.25, -0.2) is 0 Å². The third-order valence-electron chi connectivity index (χ3n) is 1.08. The lowest BCUT2D eigenvalue weighted by Gasteiger charge is -1.89. The Kier molecular flexibility index (Phi) is 2.32. The molecule has 0 aromatic heterocycles. The summed E-state index contributed by atoms with van der Waals surface area (Å²) in [4.78, 5) is 0.638. The molecule has 0 aliphatic carbocycles. The van der Waals surface area contributed by atoms with E-state index >= 15 is 0 Å². The fraction of sp³-hybridized carbons (Fsp3) is 0. The van der Waals surface area contributed by atoms with Crippen LogP contribution in [0.1, 0.15) is 5.56 Å². The summed E-state index contributed by atoms with van der Waals surface area (Å²) >= 11 is 0.429. The molecule has 0 saturated heterocycles. The molecule has 2 nitrogen and oxygen atoms in total. The van der Waals surface area contributed by atoms with E-state index in [2.05, 4.69) is 0 Å². The smallest absolute Gasteiger partial charge is 0.0991 e. The Balaban J connectivity index is 2.93. The second kappa shape index (κ2) is 3.25. The first-order valence-electron chi connectivity index (χ1n) is 2.67. The molecule has 0 aliphatic rings. The molecule has 0 fully saturated rings. The number of hydrogen-bond acceptors (Lipinski definition) is 2. The molecule has 0 atom stereocenters. The Bertz CT molecular complexity index is 249. The van der Waals surface area contributed by atoms with Crippen molar-refractivity contribution in [1.29, 1.82) is 5.26 Å². The molecule has 0 unspecified atom stereocenters. The Morgan fingerprint density at radius 1 is 1.30 bits per heavy atom. The molecular weight excluding hydrogens is 146 g/mol. The van der Waals surface area contributed by atoms with Crippen molar-refractivity contribution < 1.29 is 4.55 Å². The monoisotopic (exact) mass is 150 g/mol. The van der Waals surface area contributed by atoms with E-state index in [9.17, 15) is 4.55 Å². The molecule has 1 aromatic rings. The SMILES string of the molecule is N#Cc1ccc(S[O])cc1. The van der Waals surface area contributed by atoms with Gasteiger partial charge >= 0.3 is 0 Å². The summed E-state index contributed by atoms with van der Waals surface area (Å²) in [6.45, 7) is 0. The molecule has 1 aromatic carbocycles. The number of rotatable bonds is 1. The van der Waals surface area contributed by atoms with Crippen LogP contribution in [0.15, 0.2) is 29.2 Å². The van der Waals surface area contributed by atoms with Gasteiger partial charge in [-0.1, -0.05) is 0 Å². The summed E-state index contributed by atoms with van der Waals surface area (Å²) in [5.41, 5.74) is 0.581. The van der Waals surface area contributed by atoms with Crippen molar-refractivity contribution in [3.63, 3.8) is 0 Å². The van der Waals surface area contributed by atoms with Crippen LogP contribution in [-0.2, 0) is 4.55 Å². The van der Waals surface area contributed by atoms with Gasteiger partial charge in [0.2, 0.25) is 0 Å². The van der Waals surface area contributed by atoms with E-state index in [0.29, 0.717) is 22.5 Å². The number of benzene rings is 1. The van der Waals surface area contributed by atoms with Gasteiger partial charge in [-0.2, -0.15) is 5.26 Å². The highest BCUT2D eigenvalue weighted by molar-refractivity contribution is 7.93. The molecule has 10 heavy (non-hydrogen) atoms. The highest BCUT2D eigenvalue weighted by atomic mass is 32.2. The van der Waals surface area contributed by atoms with Crippen LogP contribution in [0, 0.1) is 11.3 Å². The largest absolute Gasteiger partial charge is 0.192 e. The standard InChI is InChI=1S/C7H4NOS/c8-5-6-1-3-7(10-9)4-2-6/h1-4H. The van der Waals surface area contributed by atoms with E-state index in [-0.39, 0.29) is 0 Å². The predicted octanol–water partition coefficient (Wildman–Crippen LogP) is 2.00. The fourth-order valence-corrected chi connectivity index (χ4v) is 0.832. The summed E-state index contributed by atoms with van der Waals surface area (Å²) < 4.78 is 10.2. The lowest BCUT2D eigenvalue weighted by atomic mass is 10.2. The molecule has 0 spiro atoms. The molecule has 0 bridgehead atoms. The molecular formula is C7H4NOS. The molecule has 0 N–H and O–H groups in total. The molecule has 0 saturated carbocycles. The van der Waals surface area contributed by atoms with E-state index < -0.39 is 0 Å². The third kappa shape index (κ3) is 1.50. The first-order valence-corrected chi connectivity index (χ1v) is 3.41. The summed E-state index contributed by atoms with van der Waals surface area (Å²) in [6.07, 6.45) is 0. The van der Waals surface area contributed by atoms with E-state index in [1.54, 1.807) is 24.3 Å². The predicted molar refractivity (Wildman–Crippen MR) is 37.7 cm³/mol. The molecule has 0 aliphatic heterocycles. The van der Waals surface area contributed by atoms with Gasteiger partial charge in [-0.3, -0.25) is 0 Å². The van der Waals surface area contributed by atoms with Crippen LogP contribution >= 0.6 is 12.0 Å². The van der Waals surface area contributed by atoms with Gasteiger partial charge in [0.15, 0.2) is 0 Å². The zero-order chi connectivity index (χ0) is 7.40. The molecule has 3 heteroatoms. The maximum atomic E-state index is 10.2. The lowest BCUT2D eigenvalue weighted by molar-refractivity contribution is 0.531. The minimum atomic E-state index is 0.429.